The van der Waals surface area contributed by atoms with Crippen molar-refractivity contribution in [2.24, 2.45) is 11.8 Å². The van der Waals surface area contributed by atoms with Gasteiger partial charge in [-0.2, -0.15) is 12.6 Å². The summed E-state index contributed by atoms with van der Waals surface area (Å²) in [5, 5.41) is 0. The highest BCUT2D eigenvalue weighted by molar-refractivity contribution is 7.80. The zero-order valence-corrected chi connectivity index (χ0v) is 5.62. The van der Waals surface area contributed by atoms with Crippen molar-refractivity contribution in [3.8, 4) is 0 Å². The summed E-state index contributed by atoms with van der Waals surface area (Å²) in [4.78, 5) is 0. The van der Waals surface area contributed by atoms with Crippen LogP contribution in [0.2, 0.25) is 0 Å². The molecule has 1 fully saturated rings. The molecule has 2 unspecified atom stereocenters. The third-order valence-corrected chi connectivity index (χ3v) is 2.50. The Labute approximate surface area is 50.7 Å². The molecule has 0 aromatic carbocycles. The van der Waals surface area contributed by atoms with Gasteiger partial charge >= 0.3 is 0 Å². The molecule has 0 spiro atoms. The van der Waals surface area contributed by atoms with E-state index in [1.165, 1.54) is 12.8 Å². The molecule has 0 aromatic rings. The predicted molar refractivity (Wildman–Crippen MR) is 35.7 cm³/mol. The predicted octanol–water partition coefficient (Wildman–Crippen LogP) is 1.96. The van der Waals surface area contributed by atoms with Gasteiger partial charge < -0.3 is 0 Å². The van der Waals surface area contributed by atoms with Crippen LogP contribution < -0.4 is 0 Å². The molecule has 0 amide bonds. The van der Waals surface area contributed by atoms with Crippen molar-refractivity contribution < 1.29 is 0 Å². The number of hydrogen-bond acceptors (Lipinski definition) is 1. The molecule has 7 heavy (non-hydrogen) atoms. The quantitative estimate of drug-likeness (QED) is 0.497. The zero-order chi connectivity index (χ0) is 5.28. The second kappa shape index (κ2) is 2.08. The fraction of sp³-hybridized carbons (Fsp3) is 1.00. The summed E-state index contributed by atoms with van der Waals surface area (Å²) in [6.07, 6.45) is 2.86. The van der Waals surface area contributed by atoms with Gasteiger partial charge in [-0.05, 0) is 24.0 Å². The van der Waals surface area contributed by atoms with Crippen molar-refractivity contribution in [3.05, 3.63) is 0 Å². The Morgan fingerprint density at radius 2 is 2.29 bits per heavy atom. The smallest absolute Gasteiger partial charge is 0.00670 e. The Bertz CT molecular complexity index is 59.2. The van der Waals surface area contributed by atoms with E-state index in [0.717, 1.165) is 17.6 Å². The molecule has 1 saturated carbocycles. The van der Waals surface area contributed by atoms with Crippen LogP contribution in [-0.4, -0.2) is 5.75 Å². The van der Waals surface area contributed by atoms with Crippen LogP contribution in [0.25, 0.3) is 0 Å². The summed E-state index contributed by atoms with van der Waals surface area (Å²) in [7, 11) is 0. The first kappa shape index (κ1) is 5.49. The zero-order valence-electron chi connectivity index (χ0n) is 4.72. The minimum absolute atomic E-state index is 0.948. The van der Waals surface area contributed by atoms with Crippen LogP contribution in [0.1, 0.15) is 19.8 Å². The SMILES string of the molecule is CC1CCC1CS. The number of hydrogen-bond donors (Lipinski definition) is 1. The maximum atomic E-state index is 4.21. The molecule has 0 saturated heterocycles. The van der Waals surface area contributed by atoms with E-state index in [4.69, 9.17) is 0 Å². The molecule has 1 aliphatic carbocycles. The van der Waals surface area contributed by atoms with E-state index in [1.807, 2.05) is 0 Å². The third-order valence-electron chi connectivity index (χ3n) is 2.03. The monoisotopic (exact) mass is 116 g/mol. The molecule has 0 radical (unpaired) electrons. The van der Waals surface area contributed by atoms with Gasteiger partial charge in [-0.15, -0.1) is 0 Å². The third kappa shape index (κ3) is 0.933. The normalized spacial score (nSPS) is 40.3. The summed E-state index contributed by atoms with van der Waals surface area (Å²) in [6.45, 7) is 2.31. The van der Waals surface area contributed by atoms with E-state index in [9.17, 15) is 0 Å². The second-order valence-electron chi connectivity index (χ2n) is 2.50. The van der Waals surface area contributed by atoms with Gasteiger partial charge in [0.05, 0.1) is 0 Å². The lowest BCUT2D eigenvalue weighted by atomic mass is 9.76. The first-order chi connectivity index (χ1) is 3.34. The highest BCUT2D eigenvalue weighted by Gasteiger charge is 2.24. The average Bonchev–Trinajstić information content (AvgIpc) is 1.65. The van der Waals surface area contributed by atoms with Gasteiger partial charge in [0.15, 0.2) is 0 Å². The Balaban J connectivity index is 2.16. The largest absolute Gasteiger partial charge is 0.179 e. The van der Waals surface area contributed by atoms with E-state index in [-0.39, 0.29) is 0 Å². The van der Waals surface area contributed by atoms with Crippen LogP contribution in [0.3, 0.4) is 0 Å². The van der Waals surface area contributed by atoms with Crippen LogP contribution in [0, 0.1) is 11.8 Å². The van der Waals surface area contributed by atoms with Gasteiger partial charge in [0.1, 0.15) is 0 Å². The fourth-order valence-corrected chi connectivity index (χ4v) is 1.55. The van der Waals surface area contributed by atoms with Crippen molar-refractivity contribution >= 4 is 12.6 Å². The maximum Gasteiger partial charge on any atom is -0.00670 e. The molecule has 1 heteroatoms. The van der Waals surface area contributed by atoms with E-state index in [1.54, 1.807) is 0 Å². The summed E-state index contributed by atoms with van der Waals surface area (Å²) >= 11 is 4.21. The molecular formula is C6H12S. The van der Waals surface area contributed by atoms with Gasteiger partial charge in [0, 0.05) is 0 Å². The van der Waals surface area contributed by atoms with Gasteiger partial charge in [-0.1, -0.05) is 13.3 Å². The second-order valence-corrected chi connectivity index (χ2v) is 2.86. The van der Waals surface area contributed by atoms with Crippen molar-refractivity contribution in [1.82, 2.24) is 0 Å². The Morgan fingerprint density at radius 1 is 1.57 bits per heavy atom. The maximum absolute atomic E-state index is 4.21. The molecule has 0 N–H and O–H groups in total. The molecule has 0 nitrogen and oxygen atoms in total. The minimum Gasteiger partial charge on any atom is -0.179 e. The van der Waals surface area contributed by atoms with Crippen LogP contribution in [0.5, 0.6) is 0 Å². The Kier molecular flexibility index (Phi) is 1.63. The minimum atomic E-state index is 0.948. The summed E-state index contributed by atoms with van der Waals surface area (Å²) in [5.41, 5.74) is 0. The molecule has 1 rings (SSSR count). The van der Waals surface area contributed by atoms with E-state index in [0.29, 0.717) is 0 Å². The van der Waals surface area contributed by atoms with E-state index < -0.39 is 0 Å². The highest BCUT2D eigenvalue weighted by atomic mass is 32.1. The highest BCUT2D eigenvalue weighted by Crippen LogP contribution is 2.33. The number of thiol groups is 1. The van der Waals surface area contributed by atoms with Gasteiger partial charge in [-0.3, -0.25) is 0 Å². The Morgan fingerprint density at radius 3 is 2.29 bits per heavy atom. The lowest BCUT2D eigenvalue weighted by Gasteiger charge is -2.32. The van der Waals surface area contributed by atoms with Gasteiger partial charge in [-0.25, -0.2) is 0 Å². The van der Waals surface area contributed by atoms with E-state index in [2.05, 4.69) is 19.6 Å². The molecule has 1 aliphatic rings. The van der Waals surface area contributed by atoms with Gasteiger partial charge in [0.25, 0.3) is 0 Å². The summed E-state index contributed by atoms with van der Waals surface area (Å²) in [5.74, 6) is 3.02. The van der Waals surface area contributed by atoms with Crippen molar-refractivity contribution in [2.45, 2.75) is 19.8 Å². The van der Waals surface area contributed by atoms with Crippen LogP contribution in [0.4, 0.5) is 0 Å². The van der Waals surface area contributed by atoms with Crippen molar-refractivity contribution in [2.75, 3.05) is 5.75 Å². The Hall–Kier alpha value is 0.350. The van der Waals surface area contributed by atoms with Crippen LogP contribution >= 0.6 is 12.6 Å². The lowest BCUT2D eigenvalue weighted by Crippen LogP contribution is -2.23. The van der Waals surface area contributed by atoms with E-state index >= 15 is 0 Å². The number of rotatable bonds is 1. The average molecular weight is 116 g/mol. The van der Waals surface area contributed by atoms with Crippen molar-refractivity contribution in [3.63, 3.8) is 0 Å². The molecule has 0 aromatic heterocycles. The molecule has 42 valence electrons. The first-order valence-corrected chi connectivity index (χ1v) is 3.58. The van der Waals surface area contributed by atoms with Crippen LogP contribution in [-0.2, 0) is 0 Å². The first-order valence-electron chi connectivity index (χ1n) is 2.95. The summed E-state index contributed by atoms with van der Waals surface area (Å²) in [6, 6.07) is 0. The van der Waals surface area contributed by atoms with Crippen molar-refractivity contribution in [1.29, 1.82) is 0 Å². The fourth-order valence-electron chi connectivity index (χ4n) is 1.01. The standard InChI is InChI=1S/C6H12S/c1-5-2-3-6(5)4-7/h5-7H,2-4H2,1H3. The molecular weight excluding hydrogens is 104 g/mol. The topological polar surface area (TPSA) is 0 Å². The molecule has 0 aliphatic heterocycles. The summed E-state index contributed by atoms with van der Waals surface area (Å²) < 4.78 is 0. The molecule has 0 heterocycles. The molecule has 0 bridgehead atoms. The van der Waals surface area contributed by atoms with Gasteiger partial charge in [0.2, 0.25) is 0 Å². The van der Waals surface area contributed by atoms with Crippen LogP contribution in [0.15, 0.2) is 0 Å². The lowest BCUT2D eigenvalue weighted by molar-refractivity contribution is 0.225. The molecule has 2 atom stereocenters.